The summed E-state index contributed by atoms with van der Waals surface area (Å²) in [7, 11) is 1.49. The van der Waals surface area contributed by atoms with Crippen molar-refractivity contribution in [2.24, 2.45) is 0 Å². The van der Waals surface area contributed by atoms with E-state index in [1.807, 2.05) is 0 Å². The van der Waals surface area contributed by atoms with Crippen LogP contribution in [0.5, 0.6) is 5.88 Å². The van der Waals surface area contributed by atoms with Crippen LogP contribution in [-0.2, 0) is 0 Å². The molecule has 0 aliphatic rings. The number of rotatable bonds is 8. The van der Waals surface area contributed by atoms with Crippen molar-refractivity contribution in [1.82, 2.24) is 4.98 Å². The fourth-order valence-corrected chi connectivity index (χ4v) is 1.58. The third-order valence-corrected chi connectivity index (χ3v) is 2.58. The van der Waals surface area contributed by atoms with E-state index in [9.17, 15) is 10.1 Å². The van der Waals surface area contributed by atoms with Gasteiger partial charge in [-0.2, -0.15) is 4.98 Å². The van der Waals surface area contributed by atoms with Gasteiger partial charge in [0, 0.05) is 18.7 Å². The first-order chi connectivity index (χ1) is 8.69. The molecule has 0 amide bonds. The second kappa shape index (κ2) is 7.47. The summed E-state index contributed by atoms with van der Waals surface area (Å²) in [5.74, 6) is 0.646. The molecule has 0 aliphatic carbocycles. The summed E-state index contributed by atoms with van der Waals surface area (Å²) < 4.78 is 4.96. The van der Waals surface area contributed by atoms with E-state index in [4.69, 9.17) is 4.74 Å². The van der Waals surface area contributed by atoms with Crippen molar-refractivity contribution in [1.29, 1.82) is 0 Å². The molecule has 0 aliphatic heterocycles. The van der Waals surface area contributed by atoms with Gasteiger partial charge in [0.05, 0.1) is 12.0 Å². The number of methoxy groups -OCH3 is 1. The third kappa shape index (κ3) is 4.20. The zero-order valence-corrected chi connectivity index (χ0v) is 10.8. The van der Waals surface area contributed by atoms with Gasteiger partial charge in [-0.1, -0.05) is 26.2 Å². The lowest BCUT2D eigenvalue weighted by molar-refractivity contribution is -0.384. The highest BCUT2D eigenvalue weighted by Gasteiger charge is 2.15. The molecule has 100 valence electrons. The minimum Gasteiger partial charge on any atom is -0.481 e. The van der Waals surface area contributed by atoms with Crippen molar-refractivity contribution in [3.8, 4) is 5.88 Å². The van der Waals surface area contributed by atoms with Crippen LogP contribution in [0, 0.1) is 10.1 Å². The van der Waals surface area contributed by atoms with Crippen LogP contribution in [-0.4, -0.2) is 23.6 Å². The number of hydrogen-bond donors (Lipinski definition) is 1. The van der Waals surface area contributed by atoms with Crippen molar-refractivity contribution < 1.29 is 9.66 Å². The summed E-state index contributed by atoms with van der Waals surface area (Å²) in [6, 6.07) is 2.89. The molecule has 1 heterocycles. The lowest BCUT2D eigenvalue weighted by Crippen LogP contribution is -2.07. The SMILES string of the molecule is CCCCCCNc1nc(OC)ccc1[N+](=O)[O-]. The molecule has 0 bridgehead atoms. The van der Waals surface area contributed by atoms with Crippen molar-refractivity contribution >= 4 is 11.5 Å². The molecular formula is C12H19N3O3. The predicted molar refractivity (Wildman–Crippen MR) is 70.1 cm³/mol. The van der Waals surface area contributed by atoms with Crippen LogP contribution >= 0.6 is 0 Å². The molecule has 1 N–H and O–H groups in total. The number of nitrogens with one attached hydrogen (secondary N) is 1. The molecule has 1 aromatic rings. The second-order valence-corrected chi connectivity index (χ2v) is 3.97. The van der Waals surface area contributed by atoms with E-state index in [2.05, 4.69) is 17.2 Å². The Balaban J connectivity index is 2.63. The van der Waals surface area contributed by atoms with Gasteiger partial charge in [-0.25, -0.2) is 0 Å². The molecule has 0 saturated carbocycles. The minimum atomic E-state index is -0.444. The highest BCUT2D eigenvalue weighted by atomic mass is 16.6. The Morgan fingerprint density at radius 3 is 2.78 bits per heavy atom. The number of ether oxygens (including phenoxy) is 1. The lowest BCUT2D eigenvalue weighted by atomic mass is 10.2. The molecule has 0 saturated heterocycles. The van der Waals surface area contributed by atoms with Crippen molar-refractivity contribution in [3.05, 3.63) is 22.2 Å². The van der Waals surface area contributed by atoms with E-state index in [1.165, 1.54) is 25.7 Å². The molecule has 1 rings (SSSR count). The minimum absolute atomic E-state index is 0.0220. The average molecular weight is 253 g/mol. The number of nitrogens with zero attached hydrogens (tertiary/aromatic N) is 2. The van der Waals surface area contributed by atoms with Crippen LogP contribution in [0.1, 0.15) is 32.6 Å². The molecule has 0 spiro atoms. The van der Waals surface area contributed by atoms with Crippen LogP contribution in [0.3, 0.4) is 0 Å². The molecule has 0 radical (unpaired) electrons. The predicted octanol–water partition coefficient (Wildman–Crippen LogP) is 2.99. The van der Waals surface area contributed by atoms with Gasteiger partial charge in [0.1, 0.15) is 0 Å². The highest BCUT2D eigenvalue weighted by molar-refractivity contribution is 5.56. The van der Waals surface area contributed by atoms with E-state index in [-0.39, 0.29) is 11.5 Å². The van der Waals surface area contributed by atoms with Gasteiger partial charge in [-0.05, 0) is 6.42 Å². The average Bonchev–Trinajstić information content (AvgIpc) is 2.38. The summed E-state index contributed by atoms with van der Waals surface area (Å²) in [6.45, 7) is 2.82. The molecular weight excluding hydrogens is 234 g/mol. The van der Waals surface area contributed by atoms with E-state index in [0.717, 1.165) is 19.3 Å². The first-order valence-electron chi connectivity index (χ1n) is 6.12. The fourth-order valence-electron chi connectivity index (χ4n) is 1.58. The van der Waals surface area contributed by atoms with Gasteiger partial charge in [-0.15, -0.1) is 0 Å². The Morgan fingerprint density at radius 1 is 1.39 bits per heavy atom. The summed E-state index contributed by atoms with van der Waals surface area (Å²) in [4.78, 5) is 14.5. The summed E-state index contributed by atoms with van der Waals surface area (Å²) in [5.41, 5.74) is -0.0220. The number of unbranched alkanes of at least 4 members (excludes halogenated alkanes) is 3. The fraction of sp³-hybridized carbons (Fsp3) is 0.583. The number of anilines is 1. The van der Waals surface area contributed by atoms with Gasteiger partial charge < -0.3 is 10.1 Å². The topological polar surface area (TPSA) is 77.3 Å². The van der Waals surface area contributed by atoms with Gasteiger partial charge in [0.25, 0.3) is 0 Å². The van der Waals surface area contributed by atoms with Crippen LogP contribution in [0.4, 0.5) is 11.5 Å². The summed E-state index contributed by atoms with van der Waals surface area (Å²) in [6.07, 6.45) is 4.43. The maximum absolute atomic E-state index is 10.8. The van der Waals surface area contributed by atoms with Crippen molar-refractivity contribution in [3.63, 3.8) is 0 Å². The Kier molecular flexibility index (Phi) is 5.90. The number of aromatic nitrogens is 1. The van der Waals surface area contributed by atoms with Gasteiger partial charge >= 0.3 is 5.69 Å². The normalized spacial score (nSPS) is 10.1. The maximum atomic E-state index is 10.8. The summed E-state index contributed by atoms with van der Waals surface area (Å²) >= 11 is 0. The van der Waals surface area contributed by atoms with Gasteiger partial charge in [0.15, 0.2) is 0 Å². The molecule has 0 unspecified atom stereocenters. The molecule has 0 fully saturated rings. The molecule has 18 heavy (non-hydrogen) atoms. The van der Waals surface area contributed by atoms with Crippen molar-refractivity contribution in [2.75, 3.05) is 19.0 Å². The van der Waals surface area contributed by atoms with E-state index in [1.54, 1.807) is 0 Å². The molecule has 0 aromatic carbocycles. The van der Waals surface area contributed by atoms with Crippen LogP contribution in [0.15, 0.2) is 12.1 Å². The number of nitro groups is 1. The Labute approximate surface area is 107 Å². The van der Waals surface area contributed by atoms with Crippen molar-refractivity contribution in [2.45, 2.75) is 32.6 Å². The second-order valence-electron chi connectivity index (χ2n) is 3.97. The van der Waals surface area contributed by atoms with E-state index >= 15 is 0 Å². The molecule has 0 atom stereocenters. The number of pyridine rings is 1. The van der Waals surface area contributed by atoms with Crippen LogP contribution in [0.25, 0.3) is 0 Å². The van der Waals surface area contributed by atoms with Gasteiger partial charge in [0.2, 0.25) is 11.7 Å². The summed E-state index contributed by atoms with van der Waals surface area (Å²) in [5, 5.41) is 13.8. The highest BCUT2D eigenvalue weighted by Crippen LogP contribution is 2.24. The van der Waals surface area contributed by atoms with Gasteiger partial charge in [-0.3, -0.25) is 10.1 Å². The zero-order chi connectivity index (χ0) is 13.4. The van der Waals surface area contributed by atoms with Crippen LogP contribution < -0.4 is 10.1 Å². The lowest BCUT2D eigenvalue weighted by Gasteiger charge is -2.07. The number of hydrogen-bond acceptors (Lipinski definition) is 5. The first kappa shape index (κ1) is 14.2. The Hall–Kier alpha value is -1.85. The Bertz CT molecular complexity index is 396. The quantitative estimate of drug-likeness (QED) is 0.438. The Morgan fingerprint density at radius 2 is 2.17 bits per heavy atom. The van der Waals surface area contributed by atoms with E-state index < -0.39 is 4.92 Å². The first-order valence-corrected chi connectivity index (χ1v) is 6.12. The standard InChI is InChI=1S/C12H19N3O3/c1-3-4-5-6-9-13-12-10(15(16)17)7-8-11(14-12)18-2/h7-8H,3-6,9H2,1-2H3,(H,13,14). The zero-order valence-electron chi connectivity index (χ0n) is 10.8. The largest absolute Gasteiger partial charge is 0.481 e. The smallest absolute Gasteiger partial charge is 0.311 e. The molecule has 1 aromatic heterocycles. The molecule has 6 heteroatoms. The third-order valence-electron chi connectivity index (χ3n) is 2.58. The maximum Gasteiger partial charge on any atom is 0.311 e. The monoisotopic (exact) mass is 253 g/mol. The molecule has 6 nitrogen and oxygen atoms in total. The van der Waals surface area contributed by atoms with Crippen LogP contribution in [0.2, 0.25) is 0 Å². The van der Waals surface area contributed by atoms with E-state index in [0.29, 0.717) is 12.4 Å².